The number of nitrogens with one attached hydrogen (secondary N) is 1. The number of hydroxylamine groups is 1. The molecule has 0 aromatic carbocycles. The number of carbonyl (C=O) groups is 2. The van der Waals surface area contributed by atoms with Crippen LogP contribution in [0.15, 0.2) is 11.4 Å². The van der Waals surface area contributed by atoms with E-state index in [9.17, 15) is 9.59 Å². The molecule has 0 bridgehead atoms. The van der Waals surface area contributed by atoms with Crippen LogP contribution in [0.2, 0.25) is 0 Å². The molecular weight excluding hydrogens is 180 g/mol. The fourth-order valence-corrected chi connectivity index (χ4v) is 1.52. The van der Waals surface area contributed by atoms with E-state index in [1.54, 1.807) is 5.38 Å². The molecule has 1 aromatic heterocycles. The highest BCUT2D eigenvalue weighted by Crippen LogP contribution is 2.15. The van der Waals surface area contributed by atoms with Crippen LogP contribution in [0.3, 0.4) is 0 Å². The zero-order valence-corrected chi connectivity index (χ0v) is 6.72. The molecule has 0 aliphatic carbocycles. The monoisotopic (exact) mass is 186 g/mol. The van der Waals surface area contributed by atoms with Gasteiger partial charge in [0.25, 0.3) is 5.91 Å². The molecule has 1 aromatic rings. The Kier molecular flexibility index (Phi) is 2.41. The second kappa shape index (κ2) is 3.33. The number of amides is 2. The lowest BCUT2D eigenvalue weighted by Crippen LogP contribution is -2.21. The molecule has 0 saturated carbocycles. The van der Waals surface area contributed by atoms with E-state index in [1.807, 2.05) is 0 Å². The summed E-state index contributed by atoms with van der Waals surface area (Å²) in [5.41, 5.74) is 6.50. The molecule has 0 saturated heterocycles. The molecule has 5 nitrogen and oxygen atoms in total. The zero-order valence-electron chi connectivity index (χ0n) is 5.90. The van der Waals surface area contributed by atoms with Crippen molar-refractivity contribution >= 4 is 23.2 Å². The minimum atomic E-state index is -0.723. The van der Waals surface area contributed by atoms with Crippen LogP contribution in [0.1, 0.15) is 20.0 Å². The molecule has 0 fully saturated rings. The number of rotatable bonds is 2. The molecule has 4 N–H and O–H groups in total. The van der Waals surface area contributed by atoms with E-state index in [2.05, 4.69) is 0 Å². The van der Waals surface area contributed by atoms with E-state index in [1.165, 1.54) is 11.5 Å². The molecule has 6 heteroatoms. The molecule has 2 amide bonds. The number of primary amides is 1. The molecule has 64 valence electrons. The quantitative estimate of drug-likeness (QED) is 0.447. The summed E-state index contributed by atoms with van der Waals surface area (Å²) in [6.07, 6.45) is 0. The van der Waals surface area contributed by atoms with Gasteiger partial charge in [0.15, 0.2) is 0 Å². The van der Waals surface area contributed by atoms with E-state index in [0.29, 0.717) is 0 Å². The van der Waals surface area contributed by atoms with Crippen LogP contribution >= 0.6 is 11.3 Å². The van der Waals surface area contributed by atoms with Gasteiger partial charge in [-0.15, -0.1) is 11.3 Å². The van der Waals surface area contributed by atoms with Crippen LogP contribution in [-0.2, 0) is 0 Å². The van der Waals surface area contributed by atoms with Crippen molar-refractivity contribution in [2.75, 3.05) is 0 Å². The van der Waals surface area contributed by atoms with Gasteiger partial charge in [0.2, 0.25) is 5.91 Å². The highest BCUT2D eigenvalue weighted by atomic mass is 32.1. The smallest absolute Gasteiger partial charge is 0.285 e. The Morgan fingerprint density at radius 3 is 2.75 bits per heavy atom. The van der Waals surface area contributed by atoms with Crippen LogP contribution < -0.4 is 11.2 Å². The Bertz CT molecular complexity index is 320. The van der Waals surface area contributed by atoms with Crippen molar-refractivity contribution in [2.24, 2.45) is 5.73 Å². The van der Waals surface area contributed by atoms with Gasteiger partial charge in [0.05, 0.1) is 5.56 Å². The van der Waals surface area contributed by atoms with Crippen LogP contribution in [-0.4, -0.2) is 17.0 Å². The predicted molar refractivity (Wildman–Crippen MR) is 42.1 cm³/mol. The maximum atomic E-state index is 10.8. The normalized spacial score (nSPS) is 9.42. The van der Waals surface area contributed by atoms with Crippen molar-refractivity contribution < 1.29 is 14.8 Å². The standard InChI is InChI=1S/C6H6N2O3S/c7-5(9)3-1-2-12-4(3)6(10)8-11/h1-2,11H,(H2,7,9)(H,8,10). The maximum absolute atomic E-state index is 10.8. The van der Waals surface area contributed by atoms with Crippen molar-refractivity contribution in [3.05, 3.63) is 21.9 Å². The van der Waals surface area contributed by atoms with E-state index in [-0.39, 0.29) is 10.4 Å². The summed E-state index contributed by atoms with van der Waals surface area (Å²) in [5.74, 6) is -1.41. The highest BCUT2D eigenvalue weighted by molar-refractivity contribution is 7.12. The van der Waals surface area contributed by atoms with Crippen molar-refractivity contribution in [1.29, 1.82) is 0 Å². The first-order valence-corrected chi connectivity index (χ1v) is 3.86. The van der Waals surface area contributed by atoms with Gasteiger partial charge in [0, 0.05) is 0 Å². The molecule has 0 radical (unpaired) electrons. The largest absolute Gasteiger partial charge is 0.366 e. The zero-order chi connectivity index (χ0) is 9.14. The van der Waals surface area contributed by atoms with Crippen LogP contribution in [0.5, 0.6) is 0 Å². The fourth-order valence-electron chi connectivity index (χ4n) is 0.730. The van der Waals surface area contributed by atoms with Crippen LogP contribution in [0.4, 0.5) is 0 Å². The Labute approximate surface area is 71.8 Å². The van der Waals surface area contributed by atoms with Crippen molar-refractivity contribution in [2.45, 2.75) is 0 Å². The lowest BCUT2D eigenvalue weighted by molar-refractivity contribution is 0.0707. The van der Waals surface area contributed by atoms with Gasteiger partial charge < -0.3 is 5.73 Å². The summed E-state index contributed by atoms with van der Waals surface area (Å²) in [6.45, 7) is 0. The molecule has 0 unspecified atom stereocenters. The third-order valence-corrected chi connectivity index (χ3v) is 2.15. The second-order valence-electron chi connectivity index (χ2n) is 1.97. The Morgan fingerprint density at radius 2 is 2.25 bits per heavy atom. The minimum Gasteiger partial charge on any atom is -0.366 e. The van der Waals surface area contributed by atoms with Crippen molar-refractivity contribution in [3.63, 3.8) is 0 Å². The highest BCUT2D eigenvalue weighted by Gasteiger charge is 2.15. The number of thiophene rings is 1. The van der Waals surface area contributed by atoms with Gasteiger partial charge in [-0.3, -0.25) is 14.8 Å². The molecule has 0 atom stereocenters. The lowest BCUT2D eigenvalue weighted by Gasteiger charge is -1.96. The van der Waals surface area contributed by atoms with Crippen molar-refractivity contribution in [1.82, 2.24) is 5.48 Å². The van der Waals surface area contributed by atoms with Gasteiger partial charge in [-0.25, -0.2) is 5.48 Å². The van der Waals surface area contributed by atoms with Gasteiger partial charge in [-0.05, 0) is 11.4 Å². The third kappa shape index (κ3) is 1.44. The average Bonchev–Trinajstić information content (AvgIpc) is 2.50. The van der Waals surface area contributed by atoms with Crippen LogP contribution in [0.25, 0.3) is 0 Å². The molecule has 1 rings (SSSR count). The summed E-state index contributed by atoms with van der Waals surface area (Å²) in [5, 5.41) is 9.81. The molecule has 0 spiro atoms. The first-order chi connectivity index (χ1) is 5.66. The summed E-state index contributed by atoms with van der Waals surface area (Å²) in [4.78, 5) is 21.6. The number of hydrogen-bond acceptors (Lipinski definition) is 4. The fraction of sp³-hybridized carbons (Fsp3) is 0. The average molecular weight is 186 g/mol. The molecule has 0 aliphatic heterocycles. The maximum Gasteiger partial charge on any atom is 0.285 e. The Balaban J connectivity index is 3.07. The first-order valence-electron chi connectivity index (χ1n) is 2.98. The van der Waals surface area contributed by atoms with E-state index in [0.717, 1.165) is 11.3 Å². The van der Waals surface area contributed by atoms with Gasteiger partial charge in [0.1, 0.15) is 4.88 Å². The summed E-state index contributed by atoms with van der Waals surface area (Å²) in [6, 6.07) is 1.43. The summed E-state index contributed by atoms with van der Waals surface area (Å²) < 4.78 is 0. The van der Waals surface area contributed by atoms with Gasteiger partial charge >= 0.3 is 0 Å². The second-order valence-corrected chi connectivity index (χ2v) is 2.88. The molecule has 1 heterocycles. The molecule has 0 aliphatic rings. The number of nitrogens with two attached hydrogens (primary N) is 1. The SMILES string of the molecule is NC(=O)c1ccsc1C(=O)NO. The Hall–Kier alpha value is -1.40. The Morgan fingerprint density at radius 1 is 1.58 bits per heavy atom. The van der Waals surface area contributed by atoms with E-state index < -0.39 is 11.8 Å². The van der Waals surface area contributed by atoms with Crippen LogP contribution in [0, 0.1) is 0 Å². The summed E-state index contributed by atoms with van der Waals surface area (Å²) in [7, 11) is 0. The van der Waals surface area contributed by atoms with Crippen molar-refractivity contribution in [3.8, 4) is 0 Å². The predicted octanol–water partition coefficient (Wildman–Crippen LogP) is -0.0340. The lowest BCUT2D eigenvalue weighted by atomic mass is 10.2. The minimum absolute atomic E-state index is 0.116. The molecular formula is C6H6N2O3S. The topological polar surface area (TPSA) is 92.4 Å². The number of carbonyl (C=O) groups excluding carboxylic acids is 2. The first kappa shape index (κ1) is 8.69. The van der Waals surface area contributed by atoms with Gasteiger partial charge in [-0.1, -0.05) is 0 Å². The number of hydrogen-bond donors (Lipinski definition) is 3. The third-order valence-electron chi connectivity index (χ3n) is 1.24. The summed E-state index contributed by atoms with van der Waals surface area (Å²) >= 11 is 1.04. The molecule has 12 heavy (non-hydrogen) atoms. The van der Waals surface area contributed by atoms with E-state index in [4.69, 9.17) is 10.9 Å². The van der Waals surface area contributed by atoms with E-state index >= 15 is 0 Å². The van der Waals surface area contributed by atoms with Gasteiger partial charge in [-0.2, -0.15) is 0 Å².